The van der Waals surface area contributed by atoms with Crippen molar-refractivity contribution < 1.29 is 4.74 Å². The molecule has 0 aromatic carbocycles. The summed E-state index contributed by atoms with van der Waals surface area (Å²) in [4.78, 5) is 11.6. The van der Waals surface area contributed by atoms with Gasteiger partial charge in [-0.2, -0.15) is 0 Å². The van der Waals surface area contributed by atoms with Crippen molar-refractivity contribution in [1.82, 2.24) is 20.5 Å². The van der Waals surface area contributed by atoms with Crippen molar-refractivity contribution in [3.05, 3.63) is 16.1 Å². The van der Waals surface area contributed by atoms with Crippen LogP contribution >= 0.6 is 11.3 Å². The number of aromatic nitrogens is 1. The van der Waals surface area contributed by atoms with Crippen LogP contribution < -0.4 is 10.6 Å². The van der Waals surface area contributed by atoms with Crippen LogP contribution in [0.25, 0.3) is 0 Å². The van der Waals surface area contributed by atoms with Gasteiger partial charge in [0.05, 0.1) is 10.7 Å². The lowest BCUT2D eigenvalue weighted by atomic mass is 9.97. The van der Waals surface area contributed by atoms with Gasteiger partial charge in [0.25, 0.3) is 0 Å². The van der Waals surface area contributed by atoms with E-state index in [4.69, 9.17) is 9.72 Å². The summed E-state index contributed by atoms with van der Waals surface area (Å²) < 4.78 is 5.62. The molecule has 0 radical (unpaired) electrons. The number of nitrogens with one attached hydrogen (secondary N) is 2. The highest BCUT2D eigenvalue weighted by Gasteiger charge is 2.20. The Bertz CT molecular complexity index is 567. The van der Waals surface area contributed by atoms with Gasteiger partial charge in [-0.1, -0.05) is 20.8 Å². The molecule has 0 spiro atoms. The molecule has 7 heteroatoms. The van der Waals surface area contributed by atoms with Gasteiger partial charge in [0.15, 0.2) is 5.96 Å². The van der Waals surface area contributed by atoms with Crippen molar-refractivity contribution in [3.63, 3.8) is 0 Å². The molecule has 28 heavy (non-hydrogen) atoms. The minimum atomic E-state index is 0.601. The molecule has 0 bridgehead atoms. The summed E-state index contributed by atoms with van der Waals surface area (Å²) in [5.41, 5.74) is 1.24. The van der Waals surface area contributed by atoms with Crippen molar-refractivity contribution in [1.29, 1.82) is 0 Å². The summed E-state index contributed by atoms with van der Waals surface area (Å²) in [7, 11) is 1.84. The van der Waals surface area contributed by atoms with Crippen LogP contribution in [0.2, 0.25) is 0 Å². The molecular weight excluding hydrogens is 370 g/mol. The fourth-order valence-electron chi connectivity index (χ4n) is 3.32. The molecule has 1 aromatic heterocycles. The maximum atomic E-state index is 5.62. The van der Waals surface area contributed by atoms with Crippen LogP contribution in [0.5, 0.6) is 0 Å². The van der Waals surface area contributed by atoms with E-state index in [9.17, 15) is 0 Å². The van der Waals surface area contributed by atoms with E-state index in [0.29, 0.717) is 11.8 Å². The van der Waals surface area contributed by atoms with Crippen LogP contribution in [0.1, 0.15) is 50.7 Å². The molecule has 0 saturated carbocycles. The van der Waals surface area contributed by atoms with E-state index >= 15 is 0 Å². The summed E-state index contributed by atoms with van der Waals surface area (Å²) in [5, 5.41) is 10.3. The Hall–Kier alpha value is -1.18. The zero-order valence-electron chi connectivity index (χ0n) is 18.2. The van der Waals surface area contributed by atoms with Crippen molar-refractivity contribution in [2.75, 3.05) is 46.4 Å². The highest BCUT2D eigenvalue weighted by Crippen LogP contribution is 2.19. The van der Waals surface area contributed by atoms with Crippen LogP contribution in [0.4, 0.5) is 0 Å². The zero-order valence-corrected chi connectivity index (χ0v) is 19.0. The first kappa shape index (κ1) is 23.1. The van der Waals surface area contributed by atoms with E-state index in [1.807, 2.05) is 7.05 Å². The quantitative estimate of drug-likeness (QED) is 0.334. The minimum absolute atomic E-state index is 0.601. The maximum absolute atomic E-state index is 5.62. The molecule has 1 aliphatic rings. The lowest BCUT2D eigenvalue weighted by Crippen LogP contribution is -2.43. The summed E-state index contributed by atoms with van der Waals surface area (Å²) >= 11 is 1.79. The van der Waals surface area contributed by atoms with Gasteiger partial charge in [0, 0.05) is 45.3 Å². The molecule has 6 nitrogen and oxygen atoms in total. The second-order valence-corrected chi connectivity index (χ2v) is 8.95. The van der Waals surface area contributed by atoms with Gasteiger partial charge in [-0.25, -0.2) is 4.98 Å². The number of ether oxygens (including phenoxy) is 1. The number of aliphatic imine (C=N–C) groups is 1. The summed E-state index contributed by atoms with van der Waals surface area (Å²) in [5.74, 6) is 2.22. The molecule has 2 heterocycles. The third-order valence-corrected chi connectivity index (χ3v) is 6.03. The highest BCUT2D eigenvalue weighted by molar-refractivity contribution is 7.09. The van der Waals surface area contributed by atoms with Gasteiger partial charge in [-0.15, -0.1) is 11.3 Å². The van der Waals surface area contributed by atoms with E-state index in [1.165, 1.54) is 23.5 Å². The van der Waals surface area contributed by atoms with E-state index in [1.54, 1.807) is 11.3 Å². The Morgan fingerprint density at radius 3 is 2.79 bits per heavy atom. The molecule has 0 amide bonds. The SMILES string of the molecule is CCc1nc(CN2CCC(CNC(=NC)NCCCOCC(C)C)CC2)cs1. The molecule has 2 N–H and O–H groups in total. The first-order valence-corrected chi connectivity index (χ1v) is 11.7. The molecule has 1 aliphatic heterocycles. The number of nitrogens with zero attached hydrogens (tertiary/aromatic N) is 3. The van der Waals surface area contributed by atoms with Gasteiger partial charge in [-0.3, -0.25) is 9.89 Å². The smallest absolute Gasteiger partial charge is 0.190 e. The predicted octanol–water partition coefficient (Wildman–Crippen LogP) is 3.15. The number of piperidine rings is 1. The minimum Gasteiger partial charge on any atom is -0.381 e. The Morgan fingerprint density at radius 2 is 2.14 bits per heavy atom. The molecular formula is C21H39N5OS. The average molecular weight is 410 g/mol. The number of likely N-dealkylation sites (tertiary alicyclic amines) is 1. The number of guanidine groups is 1. The summed E-state index contributed by atoms with van der Waals surface area (Å²) in [6.07, 6.45) is 4.51. The van der Waals surface area contributed by atoms with Crippen molar-refractivity contribution in [3.8, 4) is 0 Å². The third-order valence-electron chi connectivity index (χ3n) is 4.99. The Morgan fingerprint density at radius 1 is 1.36 bits per heavy atom. The average Bonchev–Trinajstić information content (AvgIpc) is 3.15. The van der Waals surface area contributed by atoms with Gasteiger partial charge >= 0.3 is 0 Å². The van der Waals surface area contributed by atoms with Crippen LogP contribution in [0, 0.1) is 11.8 Å². The van der Waals surface area contributed by atoms with Crippen LogP contribution in [0.15, 0.2) is 10.4 Å². The first-order valence-electron chi connectivity index (χ1n) is 10.8. The zero-order chi connectivity index (χ0) is 20.2. The third kappa shape index (κ3) is 8.88. The molecule has 160 valence electrons. The Labute approximate surface area is 175 Å². The molecule has 1 fully saturated rings. The first-order chi connectivity index (χ1) is 13.6. The topological polar surface area (TPSA) is 61.8 Å². The normalized spacial score (nSPS) is 16.7. The van der Waals surface area contributed by atoms with Crippen molar-refractivity contribution >= 4 is 17.3 Å². The van der Waals surface area contributed by atoms with Crippen LogP contribution in [0.3, 0.4) is 0 Å². The number of hydrogen-bond donors (Lipinski definition) is 2. The Kier molecular flexibility index (Phi) is 10.8. The number of aryl methyl sites for hydroxylation is 1. The lowest BCUT2D eigenvalue weighted by Gasteiger charge is -2.31. The van der Waals surface area contributed by atoms with E-state index < -0.39 is 0 Å². The fraction of sp³-hybridized carbons (Fsp3) is 0.810. The summed E-state index contributed by atoms with van der Waals surface area (Å²) in [6.45, 7) is 13.4. The van der Waals surface area contributed by atoms with Gasteiger partial charge in [-0.05, 0) is 50.6 Å². The molecule has 0 aliphatic carbocycles. The number of rotatable bonds is 11. The molecule has 0 atom stereocenters. The molecule has 1 aromatic rings. The predicted molar refractivity (Wildman–Crippen MR) is 119 cm³/mol. The fourth-order valence-corrected chi connectivity index (χ4v) is 4.06. The van der Waals surface area contributed by atoms with E-state index in [-0.39, 0.29) is 0 Å². The van der Waals surface area contributed by atoms with Gasteiger partial charge in [0.1, 0.15) is 0 Å². The lowest BCUT2D eigenvalue weighted by molar-refractivity contribution is 0.108. The number of hydrogen-bond acceptors (Lipinski definition) is 5. The van der Waals surface area contributed by atoms with E-state index in [2.05, 4.69) is 46.7 Å². The van der Waals surface area contributed by atoms with Crippen LogP contribution in [-0.2, 0) is 17.7 Å². The van der Waals surface area contributed by atoms with Crippen molar-refractivity contribution in [2.24, 2.45) is 16.8 Å². The summed E-state index contributed by atoms with van der Waals surface area (Å²) in [6, 6.07) is 0. The number of thiazole rings is 1. The second kappa shape index (κ2) is 13.1. The molecule has 0 unspecified atom stereocenters. The maximum Gasteiger partial charge on any atom is 0.190 e. The Balaban J connectivity index is 1.56. The standard InChI is InChI=1S/C21H39N5OS/c1-5-20-25-19(16-28-20)14-26-10-7-18(8-11-26)13-24-21(22-4)23-9-6-12-27-15-17(2)3/h16-18H,5-15H2,1-4H3,(H2,22,23,24). The van der Waals surface area contributed by atoms with Gasteiger partial charge in [0.2, 0.25) is 0 Å². The van der Waals surface area contributed by atoms with Crippen molar-refractivity contribution in [2.45, 2.75) is 53.0 Å². The van der Waals surface area contributed by atoms with Crippen LogP contribution in [-0.4, -0.2) is 62.3 Å². The molecule has 2 rings (SSSR count). The largest absolute Gasteiger partial charge is 0.381 e. The second-order valence-electron chi connectivity index (χ2n) is 8.01. The monoisotopic (exact) mass is 409 g/mol. The van der Waals surface area contributed by atoms with Gasteiger partial charge < -0.3 is 15.4 Å². The highest BCUT2D eigenvalue weighted by atomic mass is 32.1. The molecule has 1 saturated heterocycles. The van der Waals surface area contributed by atoms with E-state index in [0.717, 1.165) is 64.7 Å².